The van der Waals surface area contributed by atoms with Crippen LogP contribution in [0, 0.1) is 5.92 Å². The molecule has 2 fully saturated rings. The lowest BCUT2D eigenvalue weighted by molar-refractivity contribution is 0.298. The van der Waals surface area contributed by atoms with Crippen LogP contribution in [0.3, 0.4) is 0 Å². The second-order valence-electron chi connectivity index (χ2n) is 7.34. The van der Waals surface area contributed by atoms with Gasteiger partial charge < -0.3 is 10.2 Å². The molecule has 0 radical (unpaired) electrons. The van der Waals surface area contributed by atoms with Gasteiger partial charge in [-0.05, 0) is 43.6 Å². The van der Waals surface area contributed by atoms with Crippen LogP contribution in [-0.2, 0) is 0 Å². The monoisotopic (exact) mass is 480 g/mol. The number of benzene rings is 1. The second kappa shape index (κ2) is 9.52. The lowest BCUT2D eigenvalue weighted by Crippen LogP contribution is -2.45. The average Bonchev–Trinajstić information content (AvgIpc) is 3.26. The third kappa shape index (κ3) is 5.00. The maximum Gasteiger partial charge on any atom is 0.193 e. The van der Waals surface area contributed by atoms with Gasteiger partial charge in [-0.2, -0.15) is 5.10 Å². The molecule has 0 amide bonds. The summed E-state index contributed by atoms with van der Waals surface area (Å²) in [5.41, 5.74) is 1.46. The number of aromatic nitrogens is 3. The Kier molecular flexibility index (Phi) is 7.09. The van der Waals surface area contributed by atoms with Crippen LogP contribution in [0.25, 0.3) is 0 Å². The fourth-order valence-electron chi connectivity index (χ4n) is 3.96. The van der Waals surface area contributed by atoms with Crippen molar-refractivity contribution < 1.29 is 0 Å². The Morgan fingerprint density at radius 2 is 2.04 bits per heavy atom. The Bertz CT molecular complexity index is 709. The van der Waals surface area contributed by atoms with Gasteiger partial charge in [-0.3, -0.25) is 10.1 Å². The molecule has 27 heavy (non-hydrogen) atoms. The maximum atomic E-state index is 4.96. The van der Waals surface area contributed by atoms with Gasteiger partial charge in [-0.15, -0.1) is 24.0 Å². The fourth-order valence-corrected chi connectivity index (χ4v) is 3.96. The van der Waals surface area contributed by atoms with E-state index in [9.17, 15) is 0 Å². The molecule has 0 bridgehead atoms. The van der Waals surface area contributed by atoms with Crippen LogP contribution in [-0.4, -0.2) is 52.2 Å². The largest absolute Gasteiger partial charge is 0.357 e. The number of likely N-dealkylation sites (tertiary alicyclic amines) is 1. The summed E-state index contributed by atoms with van der Waals surface area (Å²) < 4.78 is 0. The summed E-state index contributed by atoms with van der Waals surface area (Å²) in [4.78, 5) is 11.7. The predicted octanol–water partition coefficient (Wildman–Crippen LogP) is 3.37. The smallest absolute Gasteiger partial charge is 0.193 e. The van der Waals surface area contributed by atoms with Gasteiger partial charge in [0.25, 0.3) is 0 Å². The van der Waals surface area contributed by atoms with Gasteiger partial charge in [0, 0.05) is 32.1 Å². The molecular formula is C20H29IN6. The van der Waals surface area contributed by atoms with Gasteiger partial charge in [0.2, 0.25) is 0 Å². The highest BCUT2D eigenvalue weighted by atomic mass is 127. The van der Waals surface area contributed by atoms with Gasteiger partial charge in [-0.25, -0.2) is 4.98 Å². The molecule has 2 unspecified atom stereocenters. The van der Waals surface area contributed by atoms with Crippen molar-refractivity contribution in [2.75, 3.05) is 26.2 Å². The van der Waals surface area contributed by atoms with Crippen molar-refractivity contribution in [3.63, 3.8) is 0 Å². The van der Waals surface area contributed by atoms with Crippen LogP contribution in [0.1, 0.15) is 49.4 Å². The standard InChI is InChI=1S/C20H28N6.HI/c1-2-21-20(22-13-17-12-18(17)15-6-4-3-5-7-15)26-10-8-16(9-11-26)19-23-14-24-25-19;/h3-7,14,16-18H,2,8-13H2,1H3,(H,21,22)(H,23,24,25);1H. The van der Waals surface area contributed by atoms with Crippen LogP contribution < -0.4 is 5.32 Å². The SMILES string of the molecule is CCNC(=NCC1CC1c1ccccc1)N1CCC(c2ncn[nH]2)CC1.I. The Hall–Kier alpha value is -1.64. The van der Waals surface area contributed by atoms with Crippen molar-refractivity contribution in [3.8, 4) is 0 Å². The zero-order chi connectivity index (χ0) is 17.8. The summed E-state index contributed by atoms with van der Waals surface area (Å²) in [5.74, 6) is 3.97. The molecule has 0 spiro atoms. The molecule has 1 aromatic carbocycles. The van der Waals surface area contributed by atoms with Crippen molar-refractivity contribution >= 4 is 29.9 Å². The third-order valence-corrected chi connectivity index (χ3v) is 5.58. The van der Waals surface area contributed by atoms with Gasteiger partial charge in [0.15, 0.2) is 5.96 Å². The first-order valence-electron chi connectivity index (χ1n) is 9.78. The van der Waals surface area contributed by atoms with Crippen molar-refractivity contribution in [1.82, 2.24) is 25.4 Å². The van der Waals surface area contributed by atoms with E-state index in [1.165, 1.54) is 12.0 Å². The lowest BCUT2D eigenvalue weighted by atomic mass is 9.96. The summed E-state index contributed by atoms with van der Waals surface area (Å²) in [5, 5.41) is 10.5. The molecule has 1 saturated carbocycles. The number of piperidine rings is 1. The van der Waals surface area contributed by atoms with Crippen molar-refractivity contribution in [2.45, 2.75) is 38.0 Å². The van der Waals surface area contributed by atoms with Crippen LogP contribution >= 0.6 is 24.0 Å². The molecule has 1 aliphatic heterocycles. The van der Waals surface area contributed by atoms with Crippen LogP contribution in [0.2, 0.25) is 0 Å². The van der Waals surface area contributed by atoms with Gasteiger partial charge in [-0.1, -0.05) is 30.3 Å². The molecule has 1 aliphatic carbocycles. The number of hydrogen-bond acceptors (Lipinski definition) is 3. The number of guanidine groups is 1. The Morgan fingerprint density at radius 1 is 1.26 bits per heavy atom. The normalized spacial score (nSPS) is 23.0. The predicted molar refractivity (Wildman–Crippen MR) is 119 cm³/mol. The zero-order valence-corrected chi connectivity index (χ0v) is 18.2. The minimum Gasteiger partial charge on any atom is -0.357 e. The zero-order valence-electron chi connectivity index (χ0n) is 15.8. The fraction of sp³-hybridized carbons (Fsp3) is 0.550. The van der Waals surface area contributed by atoms with Crippen LogP contribution in [0.4, 0.5) is 0 Å². The van der Waals surface area contributed by atoms with E-state index in [0.717, 1.165) is 50.8 Å². The summed E-state index contributed by atoms with van der Waals surface area (Å²) in [7, 11) is 0. The van der Waals surface area contributed by atoms with Crippen LogP contribution in [0.5, 0.6) is 0 Å². The molecule has 4 rings (SSSR count). The molecule has 146 valence electrons. The molecule has 2 aliphatic rings. The van der Waals surface area contributed by atoms with E-state index in [2.05, 4.69) is 62.7 Å². The van der Waals surface area contributed by atoms with E-state index in [4.69, 9.17) is 4.99 Å². The number of nitrogens with zero attached hydrogens (tertiary/aromatic N) is 4. The molecule has 2 N–H and O–H groups in total. The highest BCUT2D eigenvalue weighted by molar-refractivity contribution is 14.0. The molecule has 2 atom stereocenters. The number of hydrogen-bond donors (Lipinski definition) is 2. The molecule has 1 aromatic heterocycles. The number of halogens is 1. The lowest BCUT2D eigenvalue weighted by Gasteiger charge is -2.33. The highest BCUT2D eigenvalue weighted by Gasteiger charge is 2.38. The van der Waals surface area contributed by atoms with E-state index < -0.39 is 0 Å². The number of rotatable bonds is 5. The maximum absolute atomic E-state index is 4.96. The number of H-pyrrole nitrogens is 1. The molecule has 7 heteroatoms. The minimum absolute atomic E-state index is 0. The summed E-state index contributed by atoms with van der Waals surface area (Å²) in [6.07, 6.45) is 5.05. The average molecular weight is 480 g/mol. The molecular weight excluding hydrogens is 451 g/mol. The van der Waals surface area contributed by atoms with E-state index in [0.29, 0.717) is 17.8 Å². The Labute approximate surface area is 178 Å². The second-order valence-corrected chi connectivity index (χ2v) is 7.34. The quantitative estimate of drug-likeness (QED) is 0.391. The third-order valence-electron chi connectivity index (χ3n) is 5.58. The van der Waals surface area contributed by atoms with Gasteiger partial charge >= 0.3 is 0 Å². The van der Waals surface area contributed by atoms with Crippen molar-refractivity contribution in [2.24, 2.45) is 10.9 Å². The molecule has 1 saturated heterocycles. The van der Waals surface area contributed by atoms with E-state index >= 15 is 0 Å². The van der Waals surface area contributed by atoms with Gasteiger partial charge in [0.05, 0.1) is 0 Å². The van der Waals surface area contributed by atoms with E-state index in [1.54, 1.807) is 6.33 Å². The van der Waals surface area contributed by atoms with Crippen LogP contribution in [0.15, 0.2) is 41.7 Å². The first-order valence-corrected chi connectivity index (χ1v) is 9.78. The minimum atomic E-state index is 0. The molecule has 6 nitrogen and oxygen atoms in total. The number of aromatic amines is 1. The first kappa shape index (κ1) is 20.1. The Morgan fingerprint density at radius 3 is 2.70 bits per heavy atom. The molecule has 2 aromatic rings. The number of aliphatic imine (C=N–C) groups is 1. The summed E-state index contributed by atoms with van der Waals surface area (Å²) in [6, 6.07) is 10.8. The van der Waals surface area contributed by atoms with E-state index in [-0.39, 0.29) is 24.0 Å². The first-order chi connectivity index (χ1) is 12.8. The van der Waals surface area contributed by atoms with Crippen molar-refractivity contribution in [1.29, 1.82) is 0 Å². The summed E-state index contributed by atoms with van der Waals surface area (Å²) in [6.45, 7) is 6.01. The summed E-state index contributed by atoms with van der Waals surface area (Å²) >= 11 is 0. The van der Waals surface area contributed by atoms with Gasteiger partial charge in [0.1, 0.15) is 12.2 Å². The molecule has 2 heterocycles. The van der Waals surface area contributed by atoms with E-state index in [1.807, 2.05) is 0 Å². The highest BCUT2D eigenvalue weighted by Crippen LogP contribution is 2.47. The van der Waals surface area contributed by atoms with Crippen molar-refractivity contribution in [3.05, 3.63) is 48.0 Å². The number of nitrogens with one attached hydrogen (secondary N) is 2. The topological polar surface area (TPSA) is 69.2 Å². The Balaban J connectivity index is 0.00000210.